The molecule has 0 aliphatic carbocycles. The summed E-state index contributed by atoms with van der Waals surface area (Å²) in [4.78, 5) is 10.6. The van der Waals surface area contributed by atoms with Gasteiger partial charge in [-0.3, -0.25) is 4.57 Å². The lowest BCUT2D eigenvalue weighted by atomic mass is 9.93. The number of aromatic nitrogens is 4. The van der Waals surface area contributed by atoms with Crippen molar-refractivity contribution in [2.75, 3.05) is 0 Å². The quantitative estimate of drug-likeness (QED) is 0.195. The second-order valence-electron chi connectivity index (χ2n) is 12.6. The molecule has 0 bridgehead atoms. The van der Waals surface area contributed by atoms with Crippen molar-refractivity contribution >= 4 is 54.5 Å². The molecule has 0 atom stereocenters. The Kier molecular flexibility index (Phi) is 5.08. The lowest BCUT2D eigenvalue weighted by molar-refractivity contribution is 1.01. The predicted octanol–water partition coefficient (Wildman–Crippen LogP) is 11.1. The molecule has 0 spiro atoms. The van der Waals surface area contributed by atoms with Crippen LogP contribution in [0.25, 0.3) is 99.7 Å². The summed E-state index contributed by atoms with van der Waals surface area (Å²) < 4.78 is 4.74. The molecule has 0 saturated heterocycles. The van der Waals surface area contributed by atoms with E-state index in [-0.39, 0.29) is 0 Å². The van der Waals surface area contributed by atoms with Crippen LogP contribution in [0.3, 0.4) is 0 Å². The highest BCUT2D eigenvalue weighted by atomic mass is 15.2. The van der Waals surface area contributed by atoms with Crippen LogP contribution in [0.2, 0.25) is 0 Å². The molecule has 11 rings (SSSR count). The first kappa shape index (κ1) is 25.6. The SMILES string of the molecule is c1ccc(-c2nc(-n3c4ccccc4c4cc5c(cc43)-c3ccccc3-c3cccc4c6ccccc6n-5c34)nc3ccccc23)cc1. The van der Waals surface area contributed by atoms with Gasteiger partial charge in [-0.15, -0.1) is 0 Å². The molecule has 0 radical (unpaired) electrons. The van der Waals surface area contributed by atoms with Gasteiger partial charge in [0, 0.05) is 43.6 Å². The number of benzene rings is 7. The van der Waals surface area contributed by atoms with E-state index in [1.165, 1.54) is 60.5 Å². The molecule has 4 heteroatoms. The first-order valence-corrected chi connectivity index (χ1v) is 16.4. The van der Waals surface area contributed by atoms with E-state index in [9.17, 15) is 0 Å². The van der Waals surface area contributed by atoms with Crippen LogP contribution in [0.4, 0.5) is 0 Å². The van der Waals surface area contributed by atoms with Gasteiger partial charge in [-0.25, -0.2) is 9.97 Å². The molecule has 3 aromatic heterocycles. The Bertz CT molecular complexity index is 2950. The Morgan fingerprint density at radius 1 is 0.375 bits per heavy atom. The van der Waals surface area contributed by atoms with Crippen LogP contribution in [-0.4, -0.2) is 19.1 Å². The van der Waals surface area contributed by atoms with E-state index in [2.05, 4.69) is 161 Å². The fourth-order valence-electron chi connectivity index (χ4n) is 8.04. The van der Waals surface area contributed by atoms with Crippen molar-refractivity contribution in [1.29, 1.82) is 0 Å². The van der Waals surface area contributed by atoms with Gasteiger partial charge in [0.1, 0.15) is 0 Å². The maximum Gasteiger partial charge on any atom is 0.235 e. The summed E-state index contributed by atoms with van der Waals surface area (Å²) in [7, 11) is 0. The van der Waals surface area contributed by atoms with E-state index in [4.69, 9.17) is 9.97 Å². The summed E-state index contributed by atoms with van der Waals surface area (Å²) in [6.45, 7) is 0. The van der Waals surface area contributed by atoms with Crippen LogP contribution < -0.4 is 0 Å². The van der Waals surface area contributed by atoms with Gasteiger partial charge in [-0.05, 0) is 41.5 Å². The number of fused-ring (bicyclic) bond motifs is 12. The van der Waals surface area contributed by atoms with Crippen molar-refractivity contribution in [3.8, 4) is 45.1 Å². The monoisotopic (exact) mass is 610 g/mol. The average Bonchev–Trinajstić information content (AvgIpc) is 3.62. The molecule has 4 nitrogen and oxygen atoms in total. The lowest BCUT2D eigenvalue weighted by Gasteiger charge is -2.15. The molecule has 1 aliphatic rings. The minimum Gasteiger partial charge on any atom is -0.308 e. The summed E-state index contributed by atoms with van der Waals surface area (Å²) in [5, 5.41) is 5.92. The second kappa shape index (κ2) is 9.50. The molecule has 4 heterocycles. The molecule has 48 heavy (non-hydrogen) atoms. The van der Waals surface area contributed by atoms with E-state index in [1.54, 1.807) is 0 Å². The first-order valence-electron chi connectivity index (χ1n) is 16.4. The van der Waals surface area contributed by atoms with Crippen LogP contribution in [0.1, 0.15) is 0 Å². The molecule has 0 unspecified atom stereocenters. The standard InChI is InChI=1S/C44H26N4/c1-2-13-27(14-3-1)42-34-19-6-9-22-37(34)45-44(46-42)48-39-24-11-8-18-31(39)36-26-40-35(25-41(36)48)29-16-5-4-15-28(29)32-20-12-21-33-30-17-7-10-23-38(30)47(40)43(32)33/h1-26H. The highest BCUT2D eigenvalue weighted by Crippen LogP contribution is 2.48. The zero-order chi connectivity index (χ0) is 31.3. The van der Waals surface area contributed by atoms with Crippen LogP contribution in [0.5, 0.6) is 0 Å². The largest absolute Gasteiger partial charge is 0.308 e. The Morgan fingerprint density at radius 3 is 1.79 bits per heavy atom. The highest BCUT2D eigenvalue weighted by Gasteiger charge is 2.26. The molecular weight excluding hydrogens is 585 g/mol. The van der Waals surface area contributed by atoms with Gasteiger partial charge >= 0.3 is 0 Å². The number of para-hydroxylation sites is 4. The van der Waals surface area contributed by atoms with Gasteiger partial charge in [0.05, 0.1) is 39.0 Å². The van der Waals surface area contributed by atoms with E-state index < -0.39 is 0 Å². The Hall–Kier alpha value is -6.52. The minimum atomic E-state index is 0.665. The summed E-state index contributed by atoms with van der Waals surface area (Å²) in [5.41, 5.74) is 13.6. The van der Waals surface area contributed by atoms with Crippen LogP contribution in [0, 0.1) is 0 Å². The third-order valence-corrected chi connectivity index (χ3v) is 10.1. The van der Waals surface area contributed by atoms with Crippen molar-refractivity contribution in [2.45, 2.75) is 0 Å². The van der Waals surface area contributed by atoms with Gasteiger partial charge in [0.2, 0.25) is 5.95 Å². The van der Waals surface area contributed by atoms with Crippen LogP contribution in [0.15, 0.2) is 158 Å². The topological polar surface area (TPSA) is 35.6 Å². The molecular formula is C44H26N4. The number of hydrogen-bond acceptors (Lipinski definition) is 2. The third-order valence-electron chi connectivity index (χ3n) is 10.1. The highest BCUT2D eigenvalue weighted by molar-refractivity contribution is 6.18. The normalized spacial score (nSPS) is 12.2. The second-order valence-corrected chi connectivity index (χ2v) is 12.6. The van der Waals surface area contributed by atoms with E-state index in [1.807, 2.05) is 6.07 Å². The molecule has 1 aliphatic heterocycles. The van der Waals surface area contributed by atoms with Crippen LogP contribution >= 0.6 is 0 Å². The van der Waals surface area contributed by atoms with E-state index >= 15 is 0 Å². The lowest BCUT2D eigenvalue weighted by Crippen LogP contribution is -2.04. The zero-order valence-electron chi connectivity index (χ0n) is 25.8. The van der Waals surface area contributed by atoms with Crippen molar-refractivity contribution < 1.29 is 0 Å². The summed E-state index contributed by atoms with van der Waals surface area (Å²) in [6, 6.07) is 56.5. The minimum absolute atomic E-state index is 0.665. The predicted molar refractivity (Wildman–Crippen MR) is 198 cm³/mol. The molecule has 0 amide bonds. The average molecular weight is 611 g/mol. The Morgan fingerprint density at radius 2 is 0.979 bits per heavy atom. The molecule has 10 aromatic rings. The maximum atomic E-state index is 5.33. The molecule has 7 aromatic carbocycles. The van der Waals surface area contributed by atoms with Crippen molar-refractivity contribution in [2.24, 2.45) is 0 Å². The number of rotatable bonds is 2. The van der Waals surface area contributed by atoms with E-state index in [0.717, 1.165) is 33.2 Å². The maximum absolute atomic E-state index is 5.33. The smallest absolute Gasteiger partial charge is 0.235 e. The van der Waals surface area contributed by atoms with Gasteiger partial charge in [-0.1, -0.05) is 127 Å². The number of nitrogens with zero attached hydrogens (tertiary/aromatic N) is 4. The fourth-order valence-corrected chi connectivity index (χ4v) is 8.04. The molecule has 0 saturated carbocycles. The van der Waals surface area contributed by atoms with Crippen molar-refractivity contribution in [1.82, 2.24) is 19.1 Å². The van der Waals surface area contributed by atoms with Crippen LogP contribution in [-0.2, 0) is 0 Å². The van der Waals surface area contributed by atoms with E-state index in [0.29, 0.717) is 5.95 Å². The molecule has 0 fully saturated rings. The summed E-state index contributed by atoms with van der Waals surface area (Å²) in [5.74, 6) is 0.665. The van der Waals surface area contributed by atoms with Crippen molar-refractivity contribution in [3.05, 3.63) is 158 Å². The summed E-state index contributed by atoms with van der Waals surface area (Å²) in [6.07, 6.45) is 0. The fraction of sp³-hybridized carbons (Fsp3) is 0. The van der Waals surface area contributed by atoms with Gasteiger partial charge in [0.15, 0.2) is 0 Å². The van der Waals surface area contributed by atoms with Gasteiger partial charge in [-0.2, -0.15) is 0 Å². The van der Waals surface area contributed by atoms with Gasteiger partial charge < -0.3 is 4.57 Å². The Balaban J connectivity index is 1.31. The van der Waals surface area contributed by atoms with Gasteiger partial charge in [0.25, 0.3) is 0 Å². The summed E-state index contributed by atoms with van der Waals surface area (Å²) >= 11 is 0. The molecule has 0 N–H and O–H groups in total. The molecule has 222 valence electrons. The number of hydrogen-bond donors (Lipinski definition) is 0. The third kappa shape index (κ3) is 3.38. The first-order chi connectivity index (χ1) is 23.8. The Labute approximate surface area is 275 Å². The zero-order valence-corrected chi connectivity index (χ0v) is 25.8. The van der Waals surface area contributed by atoms with Crippen molar-refractivity contribution in [3.63, 3.8) is 0 Å².